The zero-order valence-corrected chi connectivity index (χ0v) is 15.6. The Labute approximate surface area is 154 Å². The third-order valence-electron chi connectivity index (χ3n) is 4.58. The van der Waals surface area contributed by atoms with E-state index in [1.807, 2.05) is 26.0 Å². The average Bonchev–Trinajstić information content (AvgIpc) is 3.07. The molecule has 1 fully saturated rings. The number of piperazine rings is 1. The smallest absolute Gasteiger partial charge is 0.269 e. The second-order valence-corrected chi connectivity index (χ2v) is 6.47. The van der Waals surface area contributed by atoms with Gasteiger partial charge in [-0.25, -0.2) is 9.97 Å². The molecule has 3 rings (SSSR count). The molecular weight excluding hydrogens is 330 g/mol. The van der Waals surface area contributed by atoms with E-state index in [2.05, 4.69) is 30.2 Å². The van der Waals surface area contributed by atoms with Crippen LogP contribution in [-0.4, -0.2) is 69.8 Å². The van der Waals surface area contributed by atoms with Crippen LogP contribution >= 0.6 is 0 Å². The SMILES string of the molecule is CCn1nc(C)cc1C(=O)NCCCN1CCN(c2ncccn2)CC1. The van der Waals surface area contributed by atoms with Gasteiger partial charge in [0.25, 0.3) is 5.91 Å². The Morgan fingerprint density at radius 2 is 1.92 bits per heavy atom. The second kappa shape index (κ2) is 8.75. The molecule has 1 N–H and O–H groups in total. The lowest BCUT2D eigenvalue weighted by Crippen LogP contribution is -2.47. The Balaban J connectivity index is 1.36. The minimum Gasteiger partial charge on any atom is -0.351 e. The van der Waals surface area contributed by atoms with Crippen LogP contribution in [0.5, 0.6) is 0 Å². The first-order valence-corrected chi connectivity index (χ1v) is 9.24. The van der Waals surface area contributed by atoms with E-state index in [1.165, 1.54) is 0 Å². The van der Waals surface area contributed by atoms with Crippen LogP contribution in [0.4, 0.5) is 5.95 Å². The fourth-order valence-electron chi connectivity index (χ4n) is 3.19. The highest BCUT2D eigenvalue weighted by Gasteiger charge is 2.18. The number of rotatable bonds is 7. The first-order chi connectivity index (χ1) is 12.7. The highest BCUT2D eigenvalue weighted by Crippen LogP contribution is 2.09. The van der Waals surface area contributed by atoms with Gasteiger partial charge in [-0.15, -0.1) is 0 Å². The van der Waals surface area contributed by atoms with Gasteiger partial charge in [0, 0.05) is 51.7 Å². The monoisotopic (exact) mass is 357 g/mol. The predicted octanol–water partition coefficient (Wildman–Crippen LogP) is 0.944. The van der Waals surface area contributed by atoms with Crippen LogP contribution in [-0.2, 0) is 6.54 Å². The Morgan fingerprint density at radius 1 is 1.19 bits per heavy atom. The molecule has 26 heavy (non-hydrogen) atoms. The summed E-state index contributed by atoms with van der Waals surface area (Å²) in [5.41, 5.74) is 1.51. The quantitative estimate of drug-likeness (QED) is 0.743. The lowest BCUT2D eigenvalue weighted by molar-refractivity contribution is 0.0940. The van der Waals surface area contributed by atoms with Crippen molar-refractivity contribution in [3.05, 3.63) is 35.9 Å². The third kappa shape index (κ3) is 4.57. The van der Waals surface area contributed by atoms with Gasteiger partial charge in [0.15, 0.2) is 0 Å². The van der Waals surface area contributed by atoms with Gasteiger partial charge in [0.2, 0.25) is 5.95 Å². The zero-order valence-electron chi connectivity index (χ0n) is 15.6. The first kappa shape index (κ1) is 18.3. The molecule has 2 aromatic rings. The molecule has 0 unspecified atom stereocenters. The van der Waals surface area contributed by atoms with E-state index in [1.54, 1.807) is 17.1 Å². The van der Waals surface area contributed by atoms with E-state index in [0.29, 0.717) is 18.8 Å². The van der Waals surface area contributed by atoms with E-state index in [4.69, 9.17) is 0 Å². The normalized spacial score (nSPS) is 15.2. The van der Waals surface area contributed by atoms with Crippen LogP contribution in [0.3, 0.4) is 0 Å². The molecule has 3 heterocycles. The van der Waals surface area contributed by atoms with Gasteiger partial charge in [-0.1, -0.05) is 0 Å². The number of hydrogen-bond donors (Lipinski definition) is 1. The van der Waals surface area contributed by atoms with Crippen molar-refractivity contribution in [2.75, 3.05) is 44.2 Å². The number of amides is 1. The summed E-state index contributed by atoms with van der Waals surface area (Å²) in [5, 5.41) is 7.32. The standard InChI is InChI=1S/C18H27N7O/c1-3-25-16(14-15(2)22-25)17(26)19-8-5-9-23-10-12-24(13-11-23)18-20-6-4-7-21-18/h4,6-7,14H,3,5,8-13H2,1-2H3,(H,19,26). The van der Waals surface area contributed by atoms with Crippen molar-refractivity contribution < 1.29 is 4.79 Å². The molecule has 0 aliphatic carbocycles. The van der Waals surface area contributed by atoms with Gasteiger partial charge < -0.3 is 10.2 Å². The molecule has 0 aromatic carbocycles. The van der Waals surface area contributed by atoms with E-state index in [-0.39, 0.29) is 5.91 Å². The van der Waals surface area contributed by atoms with Gasteiger partial charge in [-0.2, -0.15) is 5.10 Å². The Hall–Kier alpha value is -2.48. The molecule has 1 saturated heterocycles. The summed E-state index contributed by atoms with van der Waals surface area (Å²) in [5.74, 6) is 0.765. The maximum atomic E-state index is 12.3. The third-order valence-corrected chi connectivity index (χ3v) is 4.58. The molecule has 2 aromatic heterocycles. The van der Waals surface area contributed by atoms with Gasteiger partial charge in [-0.05, 0) is 38.9 Å². The molecule has 8 nitrogen and oxygen atoms in total. The number of nitrogens with zero attached hydrogens (tertiary/aromatic N) is 6. The van der Waals surface area contributed by atoms with Crippen LogP contribution in [0.1, 0.15) is 29.5 Å². The largest absolute Gasteiger partial charge is 0.351 e. The van der Waals surface area contributed by atoms with Crippen molar-refractivity contribution in [1.82, 2.24) is 30.0 Å². The van der Waals surface area contributed by atoms with Crippen molar-refractivity contribution in [2.45, 2.75) is 26.8 Å². The number of carbonyl (C=O) groups is 1. The molecule has 0 radical (unpaired) electrons. The number of aryl methyl sites for hydroxylation is 2. The minimum absolute atomic E-state index is 0.0431. The predicted molar refractivity (Wildman–Crippen MR) is 100 cm³/mol. The number of aromatic nitrogens is 4. The first-order valence-electron chi connectivity index (χ1n) is 9.24. The minimum atomic E-state index is -0.0431. The van der Waals surface area contributed by atoms with Crippen LogP contribution < -0.4 is 10.2 Å². The number of nitrogens with one attached hydrogen (secondary N) is 1. The summed E-state index contributed by atoms with van der Waals surface area (Å²) in [4.78, 5) is 25.5. The number of anilines is 1. The molecule has 0 bridgehead atoms. The lowest BCUT2D eigenvalue weighted by atomic mass is 10.3. The van der Waals surface area contributed by atoms with E-state index in [9.17, 15) is 4.79 Å². The Morgan fingerprint density at radius 3 is 2.62 bits per heavy atom. The summed E-state index contributed by atoms with van der Waals surface area (Å²) in [6.45, 7) is 10.1. The van der Waals surface area contributed by atoms with Crippen LogP contribution in [0.15, 0.2) is 24.5 Å². The van der Waals surface area contributed by atoms with Crippen molar-refractivity contribution >= 4 is 11.9 Å². The lowest BCUT2D eigenvalue weighted by Gasteiger charge is -2.34. The van der Waals surface area contributed by atoms with Gasteiger partial charge in [-0.3, -0.25) is 14.4 Å². The summed E-state index contributed by atoms with van der Waals surface area (Å²) < 4.78 is 1.75. The molecule has 1 aliphatic rings. The fourth-order valence-corrected chi connectivity index (χ4v) is 3.19. The molecule has 1 aliphatic heterocycles. The highest BCUT2D eigenvalue weighted by atomic mass is 16.2. The van der Waals surface area contributed by atoms with E-state index in [0.717, 1.165) is 50.8 Å². The summed E-state index contributed by atoms with van der Waals surface area (Å²) in [7, 11) is 0. The Kier molecular flexibility index (Phi) is 6.17. The van der Waals surface area contributed by atoms with Gasteiger partial charge >= 0.3 is 0 Å². The van der Waals surface area contributed by atoms with E-state index >= 15 is 0 Å². The van der Waals surface area contributed by atoms with Crippen molar-refractivity contribution in [2.24, 2.45) is 0 Å². The number of carbonyl (C=O) groups excluding carboxylic acids is 1. The van der Waals surface area contributed by atoms with Gasteiger partial charge in [0.05, 0.1) is 5.69 Å². The summed E-state index contributed by atoms with van der Waals surface area (Å²) >= 11 is 0. The molecule has 140 valence electrons. The number of hydrogen-bond acceptors (Lipinski definition) is 6. The molecule has 0 atom stereocenters. The molecule has 8 heteroatoms. The highest BCUT2D eigenvalue weighted by molar-refractivity contribution is 5.92. The second-order valence-electron chi connectivity index (χ2n) is 6.47. The average molecular weight is 357 g/mol. The maximum absolute atomic E-state index is 12.3. The summed E-state index contributed by atoms with van der Waals surface area (Å²) in [6.07, 6.45) is 4.50. The molecule has 1 amide bonds. The van der Waals surface area contributed by atoms with E-state index < -0.39 is 0 Å². The molecular formula is C18H27N7O. The fraction of sp³-hybridized carbons (Fsp3) is 0.556. The van der Waals surface area contributed by atoms with Crippen molar-refractivity contribution in [3.8, 4) is 0 Å². The van der Waals surface area contributed by atoms with Crippen molar-refractivity contribution in [1.29, 1.82) is 0 Å². The maximum Gasteiger partial charge on any atom is 0.269 e. The van der Waals surface area contributed by atoms with Crippen LogP contribution in [0.25, 0.3) is 0 Å². The van der Waals surface area contributed by atoms with Crippen molar-refractivity contribution in [3.63, 3.8) is 0 Å². The molecule has 0 saturated carbocycles. The van der Waals surface area contributed by atoms with Gasteiger partial charge in [0.1, 0.15) is 5.69 Å². The molecule has 0 spiro atoms. The van der Waals surface area contributed by atoms with Crippen LogP contribution in [0.2, 0.25) is 0 Å². The topological polar surface area (TPSA) is 79.2 Å². The Bertz CT molecular complexity index is 708. The zero-order chi connectivity index (χ0) is 18.4. The summed E-state index contributed by atoms with van der Waals surface area (Å²) in [6, 6.07) is 3.67. The van der Waals surface area contributed by atoms with Crippen LogP contribution in [0, 0.1) is 6.92 Å².